The van der Waals surface area contributed by atoms with E-state index in [-0.39, 0.29) is 23.0 Å². The summed E-state index contributed by atoms with van der Waals surface area (Å²) in [5.41, 5.74) is 0. The standard InChI is InChI=1S/C23H44O3Si/c1-8-9-15-20-19(16-13-11-10-12-14-18(2)24)21(25)17-22(20)26-27(6,7)23(3,4)5/h8,19-22,25H,1,9-17H2,2-7H3/t19-,20-,21+,22?/m1/s1. The van der Waals surface area contributed by atoms with Crippen molar-refractivity contribution in [1.29, 1.82) is 0 Å². The third kappa shape index (κ3) is 7.82. The van der Waals surface area contributed by atoms with Crippen LogP contribution in [-0.2, 0) is 9.22 Å². The van der Waals surface area contributed by atoms with E-state index < -0.39 is 8.32 Å². The van der Waals surface area contributed by atoms with Gasteiger partial charge < -0.3 is 14.3 Å². The lowest BCUT2D eigenvalue weighted by Gasteiger charge is -2.40. The summed E-state index contributed by atoms with van der Waals surface area (Å²) in [6.07, 6.45) is 10.9. The Morgan fingerprint density at radius 2 is 1.78 bits per heavy atom. The first-order valence-electron chi connectivity index (χ1n) is 11.0. The molecule has 1 N–H and O–H groups in total. The Balaban J connectivity index is 2.65. The van der Waals surface area contributed by atoms with Crippen LogP contribution in [0.5, 0.6) is 0 Å². The second-order valence-electron chi connectivity index (χ2n) is 10.1. The molecule has 1 rings (SSSR count). The second-order valence-corrected chi connectivity index (χ2v) is 14.8. The van der Waals surface area contributed by atoms with Crippen LogP contribution < -0.4 is 0 Å². The predicted octanol–water partition coefficient (Wildman–Crippen LogP) is 6.27. The minimum Gasteiger partial charge on any atom is -0.414 e. The number of aliphatic hydroxyl groups is 1. The van der Waals surface area contributed by atoms with Gasteiger partial charge in [-0.15, -0.1) is 6.58 Å². The molecule has 0 aromatic carbocycles. The third-order valence-corrected chi connectivity index (χ3v) is 11.3. The molecule has 1 aliphatic rings. The highest BCUT2D eigenvalue weighted by Gasteiger charge is 2.47. The smallest absolute Gasteiger partial charge is 0.192 e. The van der Waals surface area contributed by atoms with Gasteiger partial charge in [0, 0.05) is 6.42 Å². The van der Waals surface area contributed by atoms with Crippen molar-refractivity contribution in [3.05, 3.63) is 12.7 Å². The number of carbonyl (C=O) groups is 1. The van der Waals surface area contributed by atoms with Gasteiger partial charge in [0.05, 0.1) is 12.2 Å². The monoisotopic (exact) mass is 396 g/mol. The van der Waals surface area contributed by atoms with Crippen LogP contribution in [0.1, 0.15) is 85.5 Å². The molecule has 1 fully saturated rings. The first-order valence-corrected chi connectivity index (χ1v) is 13.9. The van der Waals surface area contributed by atoms with E-state index in [0.29, 0.717) is 18.3 Å². The number of hydrogen-bond acceptors (Lipinski definition) is 3. The lowest BCUT2D eigenvalue weighted by molar-refractivity contribution is -0.117. The van der Waals surface area contributed by atoms with Gasteiger partial charge >= 0.3 is 0 Å². The summed E-state index contributed by atoms with van der Waals surface area (Å²) in [6, 6.07) is 0. The fourth-order valence-electron chi connectivity index (χ4n) is 4.06. The number of ketones is 1. The highest BCUT2D eigenvalue weighted by molar-refractivity contribution is 6.74. The molecule has 158 valence electrons. The number of Topliss-reactive ketones (excluding diaryl/α,β-unsaturated/α-hetero) is 1. The summed E-state index contributed by atoms with van der Waals surface area (Å²) in [5.74, 6) is 1.06. The topological polar surface area (TPSA) is 46.5 Å². The number of allylic oxidation sites excluding steroid dienone is 1. The Hall–Kier alpha value is -0.453. The number of unbranched alkanes of at least 4 members (excludes halogenated alkanes) is 3. The average molecular weight is 397 g/mol. The molecule has 1 aliphatic carbocycles. The van der Waals surface area contributed by atoms with Crippen molar-refractivity contribution in [3.8, 4) is 0 Å². The minimum atomic E-state index is -1.84. The van der Waals surface area contributed by atoms with Crippen molar-refractivity contribution in [1.82, 2.24) is 0 Å². The summed E-state index contributed by atoms with van der Waals surface area (Å²) in [6.45, 7) is 17.0. The number of carbonyl (C=O) groups excluding carboxylic acids is 1. The molecule has 4 heteroatoms. The van der Waals surface area contributed by atoms with Crippen molar-refractivity contribution in [3.63, 3.8) is 0 Å². The summed E-state index contributed by atoms with van der Waals surface area (Å²) in [4.78, 5) is 11.0. The first kappa shape index (κ1) is 24.6. The highest BCUT2D eigenvalue weighted by atomic mass is 28.4. The fourth-order valence-corrected chi connectivity index (χ4v) is 5.45. The van der Waals surface area contributed by atoms with Crippen molar-refractivity contribution < 1.29 is 14.3 Å². The van der Waals surface area contributed by atoms with Crippen LogP contribution in [0.25, 0.3) is 0 Å². The number of aliphatic hydroxyl groups excluding tert-OH is 1. The molecule has 0 amide bonds. The van der Waals surface area contributed by atoms with E-state index in [2.05, 4.69) is 40.4 Å². The SMILES string of the molecule is C=CCC[C@H]1C(O[Si](C)(C)C(C)(C)C)C[C@H](O)[C@@H]1CCCCCCC(C)=O. The van der Waals surface area contributed by atoms with E-state index in [0.717, 1.165) is 51.4 Å². The Morgan fingerprint density at radius 1 is 1.15 bits per heavy atom. The zero-order valence-corrected chi connectivity index (χ0v) is 19.7. The molecular weight excluding hydrogens is 352 g/mol. The maximum Gasteiger partial charge on any atom is 0.192 e. The van der Waals surface area contributed by atoms with Gasteiger partial charge in [0.2, 0.25) is 0 Å². The first-order chi connectivity index (χ1) is 12.5. The fraction of sp³-hybridized carbons (Fsp3) is 0.870. The van der Waals surface area contributed by atoms with Crippen LogP contribution >= 0.6 is 0 Å². The van der Waals surface area contributed by atoms with Crippen LogP contribution in [0.15, 0.2) is 12.7 Å². The maximum absolute atomic E-state index is 11.0. The zero-order chi connectivity index (χ0) is 20.7. The lowest BCUT2D eigenvalue weighted by Crippen LogP contribution is -2.45. The number of hydrogen-bond donors (Lipinski definition) is 1. The minimum absolute atomic E-state index is 0.184. The highest BCUT2D eigenvalue weighted by Crippen LogP contribution is 2.45. The molecule has 0 spiro atoms. The largest absolute Gasteiger partial charge is 0.414 e. The Labute approximate surface area is 169 Å². The van der Waals surface area contributed by atoms with Gasteiger partial charge in [0.1, 0.15) is 5.78 Å². The van der Waals surface area contributed by atoms with Gasteiger partial charge in [-0.25, -0.2) is 0 Å². The molecule has 0 aromatic heterocycles. The molecule has 0 radical (unpaired) electrons. The van der Waals surface area contributed by atoms with Gasteiger partial charge in [-0.1, -0.05) is 46.1 Å². The van der Waals surface area contributed by atoms with E-state index in [4.69, 9.17) is 4.43 Å². The van der Waals surface area contributed by atoms with Crippen molar-refractivity contribution in [2.24, 2.45) is 11.8 Å². The predicted molar refractivity (Wildman–Crippen MR) is 117 cm³/mol. The van der Waals surface area contributed by atoms with Crippen LogP contribution in [0.4, 0.5) is 0 Å². The Morgan fingerprint density at radius 3 is 2.33 bits per heavy atom. The van der Waals surface area contributed by atoms with E-state index >= 15 is 0 Å². The molecule has 1 unspecified atom stereocenters. The van der Waals surface area contributed by atoms with Crippen LogP contribution in [-0.4, -0.2) is 31.4 Å². The summed E-state index contributed by atoms with van der Waals surface area (Å²) in [5, 5.41) is 11.0. The zero-order valence-electron chi connectivity index (χ0n) is 18.7. The van der Waals surface area contributed by atoms with Gasteiger partial charge in [0.25, 0.3) is 0 Å². The van der Waals surface area contributed by atoms with Gasteiger partial charge in [-0.3, -0.25) is 0 Å². The number of rotatable bonds is 12. The molecule has 1 saturated carbocycles. The molecule has 0 aromatic rings. The van der Waals surface area contributed by atoms with Gasteiger partial charge in [-0.2, -0.15) is 0 Å². The van der Waals surface area contributed by atoms with E-state index in [1.165, 1.54) is 0 Å². The van der Waals surface area contributed by atoms with Crippen LogP contribution in [0, 0.1) is 11.8 Å². The van der Waals surface area contributed by atoms with E-state index in [9.17, 15) is 9.90 Å². The Bertz CT molecular complexity index is 467. The molecule has 0 aliphatic heterocycles. The average Bonchev–Trinajstić information content (AvgIpc) is 2.81. The van der Waals surface area contributed by atoms with Crippen LogP contribution in [0.3, 0.4) is 0 Å². The molecule has 0 bridgehead atoms. The Kier molecular flexibility index (Phi) is 9.94. The van der Waals surface area contributed by atoms with E-state index in [1.54, 1.807) is 6.92 Å². The van der Waals surface area contributed by atoms with Crippen molar-refractivity contribution in [2.75, 3.05) is 0 Å². The molecule has 27 heavy (non-hydrogen) atoms. The maximum atomic E-state index is 11.0. The van der Waals surface area contributed by atoms with Crippen molar-refractivity contribution >= 4 is 14.1 Å². The van der Waals surface area contributed by atoms with Gasteiger partial charge in [-0.05, 0) is 69.0 Å². The molecular formula is C23H44O3Si. The lowest BCUT2D eigenvalue weighted by atomic mass is 9.85. The molecule has 4 atom stereocenters. The summed E-state index contributed by atoms with van der Waals surface area (Å²) >= 11 is 0. The van der Waals surface area contributed by atoms with E-state index in [1.807, 2.05) is 6.08 Å². The normalized spacial score (nSPS) is 26.3. The second kappa shape index (κ2) is 10.9. The van der Waals surface area contributed by atoms with Gasteiger partial charge in [0.15, 0.2) is 8.32 Å². The summed E-state index contributed by atoms with van der Waals surface area (Å²) in [7, 11) is -1.84. The van der Waals surface area contributed by atoms with Crippen molar-refractivity contribution in [2.45, 2.75) is 116 Å². The van der Waals surface area contributed by atoms with Crippen LogP contribution in [0.2, 0.25) is 18.1 Å². The molecule has 0 heterocycles. The summed E-state index contributed by atoms with van der Waals surface area (Å²) < 4.78 is 6.75. The third-order valence-electron chi connectivity index (χ3n) is 6.77. The quantitative estimate of drug-likeness (QED) is 0.240. The molecule has 0 saturated heterocycles. The molecule has 3 nitrogen and oxygen atoms in total.